The number of nitrogens with zero attached hydrogens (tertiary/aromatic N) is 2. The zero-order chi connectivity index (χ0) is 9.97. The molecule has 14 heavy (non-hydrogen) atoms. The highest BCUT2D eigenvalue weighted by molar-refractivity contribution is 6.29. The van der Waals surface area contributed by atoms with Gasteiger partial charge in [0, 0.05) is 17.4 Å². The molecule has 0 unspecified atom stereocenters. The Hall–Kier alpha value is -1.48. The summed E-state index contributed by atoms with van der Waals surface area (Å²) in [5.74, 6) is 0.960. The maximum atomic E-state index is 5.67. The first-order valence-electron chi connectivity index (χ1n) is 4.26. The van der Waals surface area contributed by atoms with Gasteiger partial charge >= 0.3 is 0 Å². The van der Waals surface area contributed by atoms with E-state index in [0.29, 0.717) is 11.6 Å². The molecule has 0 saturated carbocycles. The van der Waals surface area contributed by atoms with Gasteiger partial charge in [0.15, 0.2) is 0 Å². The van der Waals surface area contributed by atoms with Crippen LogP contribution in [0.4, 0.5) is 5.82 Å². The summed E-state index contributed by atoms with van der Waals surface area (Å²) in [6.45, 7) is 4.17. The molecule has 3 nitrogen and oxygen atoms in total. The topological polar surface area (TPSA) is 29.3 Å². The second kappa shape index (κ2) is 3.72. The number of aromatic nitrogens is 2. The molecule has 1 N–H and O–H groups in total. The third-order valence-electron chi connectivity index (χ3n) is 1.89. The molecule has 4 heteroatoms. The van der Waals surface area contributed by atoms with Crippen LogP contribution in [0.15, 0.2) is 42.2 Å². The molecule has 0 spiro atoms. The summed E-state index contributed by atoms with van der Waals surface area (Å²) in [7, 11) is 0. The molecule has 0 radical (unpaired) electrons. The van der Waals surface area contributed by atoms with E-state index in [0.717, 1.165) is 11.5 Å². The van der Waals surface area contributed by atoms with Gasteiger partial charge in [-0.3, -0.25) is 4.40 Å². The van der Waals surface area contributed by atoms with Crippen LogP contribution in [0, 0.1) is 0 Å². The molecular formula is C10H10ClN3. The molecule has 0 fully saturated rings. The molecule has 0 aromatic carbocycles. The number of fused-ring (bicyclic) bond motifs is 1. The second-order valence-corrected chi connectivity index (χ2v) is 3.47. The molecule has 0 bridgehead atoms. The van der Waals surface area contributed by atoms with Crippen LogP contribution in [0.2, 0.25) is 0 Å². The Balaban J connectivity index is 2.32. The minimum atomic E-state index is 0.554. The van der Waals surface area contributed by atoms with Gasteiger partial charge in [0.05, 0.1) is 6.54 Å². The van der Waals surface area contributed by atoms with Crippen molar-refractivity contribution in [2.45, 2.75) is 0 Å². The van der Waals surface area contributed by atoms with Gasteiger partial charge in [-0.05, 0) is 12.1 Å². The maximum Gasteiger partial charge on any atom is 0.138 e. The highest BCUT2D eigenvalue weighted by atomic mass is 35.5. The summed E-state index contributed by atoms with van der Waals surface area (Å²) in [5, 5.41) is 3.75. The highest BCUT2D eigenvalue weighted by Crippen LogP contribution is 2.11. The molecule has 0 amide bonds. The maximum absolute atomic E-state index is 5.67. The van der Waals surface area contributed by atoms with Crippen molar-refractivity contribution in [2.75, 3.05) is 11.9 Å². The SMILES string of the molecule is C=C(Cl)CNc1cccc2nccn12. The van der Waals surface area contributed by atoms with Gasteiger partial charge in [0.25, 0.3) is 0 Å². The van der Waals surface area contributed by atoms with Gasteiger partial charge < -0.3 is 5.32 Å². The van der Waals surface area contributed by atoms with E-state index in [1.54, 1.807) is 6.20 Å². The number of pyridine rings is 1. The van der Waals surface area contributed by atoms with Crippen molar-refractivity contribution in [2.24, 2.45) is 0 Å². The van der Waals surface area contributed by atoms with Crippen LogP contribution in [0.1, 0.15) is 0 Å². The lowest BCUT2D eigenvalue weighted by molar-refractivity contribution is 1.14. The second-order valence-electron chi connectivity index (χ2n) is 2.94. The zero-order valence-corrected chi connectivity index (χ0v) is 8.33. The summed E-state index contributed by atoms with van der Waals surface area (Å²) in [4.78, 5) is 4.17. The van der Waals surface area contributed by atoms with Crippen LogP contribution in [0.5, 0.6) is 0 Å². The Bertz CT molecular complexity index is 461. The van der Waals surface area contributed by atoms with Crippen LogP contribution in [-0.2, 0) is 0 Å². The van der Waals surface area contributed by atoms with E-state index < -0.39 is 0 Å². The quantitative estimate of drug-likeness (QED) is 0.838. The number of halogens is 1. The zero-order valence-electron chi connectivity index (χ0n) is 7.57. The number of nitrogens with one attached hydrogen (secondary N) is 1. The number of rotatable bonds is 3. The van der Waals surface area contributed by atoms with Crippen LogP contribution in [0.3, 0.4) is 0 Å². The highest BCUT2D eigenvalue weighted by Gasteiger charge is 1.98. The van der Waals surface area contributed by atoms with Crippen LogP contribution in [-0.4, -0.2) is 15.9 Å². The molecule has 2 aromatic rings. The van der Waals surface area contributed by atoms with E-state index >= 15 is 0 Å². The van der Waals surface area contributed by atoms with Gasteiger partial charge in [0.1, 0.15) is 11.5 Å². The molecule has 72 valence electrons. The van der Waals surface area contributed by atoms with E-state index in [9.17, 15) is 0 Å². The van der Waals surface area contributed by atoms with E-state index in [4.69, 9.17) is 11.6 Å². The fourth-order valence-corrected chi connectivity index (χ4v) is 1.34. The number of hydrogen-bond acceptors (Lipinski definition) is 2. The molecule has 0 saturated heterocycles. The van der Waals surface area contributed by atoms with Crippen molar-refractivity contribution in [3.8, 4) is 0 Å². The van der Waals surface area contributed by atoms with Gasteiger partial charge in [0.2, 0.25) is 0 Å². The third-order valence-corrected chi connectivity index (χ3v) is 2.02. The summed E-state index contributed by atoms with van der Waals surface area (Å²) in [6, 6.07) is 5.86. The van der Waals surface area contributed by atoms with Gasteiger partial charge in [-0.2, -0.15) is 0 Å². The van der Waals surface area contributed by atoms with Crippen molar-refractivity contribution in [1.29, 1.82) is 0 Å². The smallest absolute Gasteiger partial charge is 0.138 e. The fourth-order valence-electron chi connectivity index (χ4n) is 1.28. The van der Waals surface area contributed by atoms with Crippen molar-refractivity contribution in [3.05, 3.63) is 42.2 Å². The Morgan fingerprint density at radius 2 is 2.43 bits per heavy atom. The molecule has 2 heterocycles. The van der Waals surface area contributed by atoms with Crippen molar-refractivity contribution in [1.82, 2.24) is 9.38 Å². The third kappa shape index (κ3) is 1.72. The van der Waals surface area contributed by atoms with E-state index in [-0.39, 0.29) is 0 Å². The Morgan fingerprint density at radius 3 is 3.21 bits per heavy atom. The summed E-state index contributed by atoms with van der Waals surface area (Å²) >= 11 is 5.67. The van der Waals surface area contributed by atoms with Crippen molar-refractivity contribution < 1.29 is 0 Å². The van der Waals surface area contributed by atoms with E-state index in [2.05, 4.69) is 16.9 Å². The van der Waals surface area contributed by atoms with Gasteiger partial charge in [-0.25, -0.2) is 4.98 Å². The normalized spacial score (nSPS) is 10.4. The molecule has 0 aliphatic rings. The molecule has 0 aliphatic carbocycles. The van der Waals surface area contributed by atoms with Crippen LogP contribution < -0.4 is 5.32 Å². The summed E-state index contributed by atoms with van der Waals surface area (Å²) < 4.78 is 1.96. The van der Waals surface area contributed by atoms with Crippen LogP contribution in [0.25, 0.3) is 5.65 Å². The van der Waals surface area contributed by atoms with Crippen LogP contribution >= 0.6 is 11.6 Å². The molecular weight excluding hydrogens is 198 g/mol. The first kappa shape index (κ1) is 9.09. The van der Waals surface area contributed by atoms with Gasteiger partial charge in [-0.15, -0.1) is 0 Å². The first-order valence-corrected chi connectivity index (χ1v) is 4.64. The fraction of sp³-hybridized carbons (Fsp3) is 0.100. The first-order chi connectivity index (χ1) is 6.77. The lowest BCUT2D eigenvalue weighted by Gasteiger charge is -2.07. The van der Waals surface area contributed by atoms with E-state index in [1.165, 1.54) is 0 Å². The average Bonchev–Trinajstić information content (AvgIpc) is 2.62. The van der Waals surface area contributed by atoms with E-state index in [1.807, 2.05) is 28.8 Å². The Kier molecular flexibility index (Phi) is 2.41. The Morgan fingerprint density at radius 1 is 1.57 bits per heavy atom. The average molecular weight is 208 g/mol. The lowest BCUT2D eigenvalue weighted by atomic mass is 10.4. The van der Waals surface area contributed by atoms with Crippen molar-refractivity contribution >= 4 is 23.1 Å². The Labute approximate surface area is 87.0 Å². The number of hydrogen-bond donors (Lipinski definition) is 1. The standard InChI is InChI=1S/C10H10ClN3/c1-8(11)7-13-10-4-2-3-9-12-5-6-14(9)10/h2-6,13H,1,7H2. The minimum Gasteiger partial charge on any atom is -0.366 e. The summed E-state index contributed by atoms with van der Waals surface area (Å²) in [6.07, 6.45) is 3.66. The molecule has 0 atom stereocenters. The monoisotopic (exact) mass is 207 g/mol. The van der Waals surface area contributed by atoms with Crippen molar-refractivity contribution in [3.63, 3.8) is 0 Å². The molecule has 0 aliphatic heterocycles. The predicted octanol–water partition coefficient (Wildman–Crippen LogP) is 2.50. The number of anilines is 1. The summed E-state index contributed by atoms with van der Waals surface area (Å²) in [5.41, 5.74) is 0.912. The molecule has 2 aromatic heterocycles. The molecule has 2 rings (SSSR count). The largest absolute Gasteiger partial charge is 0.366 e. The van der Waals surface area contributed by atoms with Gasteiger partial charge in [-0.1, -0.05) is 24.2 Å². The minimum absolute atomic E-state index is 0.554. The number of imidazole rings is 1. The lowest BCUT2D eigenvalue weighted by Crippen LogP contribution is -2.04. The predicted molar refractivity (Wildman–Crippen MR) is 58.7 cm³/mol.